The predicted octanol–water partition coefficient (Wildman–Crippen LogP) is 0.891. The molecule has 1 aliphatic rings. The molecule has 1 fully saturated rings. The maximum atomic E-state index is 10.7. The van der Waals surface area contributed by atoms with Crippen molar-refractivity contribution in [3.8, 4) is 0 Å². The Labute approximate surface area is 81.5 Å². The molecular formula is C9H13N3O2. The van der Waals surface area contributed by atoms with Gasteiger partial charge in [0.05, 0.1) is 23.8 Å². The summed E-state index contributed by atoms with van der Waals surface area (Å²) in [6.07, 6.45) is 5.62. The molecule has 5 heteroatoms. The minimum absolute atomic E-state index is 0.202. The number of aromatic nitrogens is 2. The summed E-state index contributed by atoms with van der Waals surface area (Å²) < 4.78 is 1.78. The second-order valence-electron chi connectivity index (χ2n) is 3.76. The minimum atomic E-state index is -0.701. The molecule has 1 aromatic heterocycles. The molecule has 0 aliphatic heterocycles. The number of aliphatic carboxylic acids is 1. The lowest BCUT2D eigenvalue weighted by Crippen LogP contribution is -2.11. The van der Waals surface area contributed by atoms with Gasteiger partial charge in [-0.3, -0.25) is 9.48 Å². The molecule has 76 valence electrons. The average Bonchev–Trinajstić information content (AvgIpc) is 2.70. The zero-order valence-electron chi connectivity index (χ0n) is 7.76. The largest absolute Gasteiger partial charge is 0.481 e. The summed E-state index contributed by atoms with van der Waals surface area (Å²) in [6, 6.07) is 0.202. The van der Waals surface area contributed by atoms with Gasteiger partial charge in [-0.25, -0.2) is 0 Å². The molecule has 14 heavy (non-hydrogen) atoms. The summed E-state index contributed by atoms with van der Waals surface area (Å²) in [5.41, 5.74) is 6.17. The SMILES string of the molecule is Nc1cnn(C2CCC(C(=O)O)C2)c1. The van der Waals surface area contributed by atoms with Crippen molar-refractivity contribution in [1.29, 1.82) is 0 Å². The Bertz CT molecular complexity index is 348. The Morgan fingerprint density at radius 1 is 1.64 bits per heavy atom. The molecule has 2 rings (SSSR count). The molecule has 0 saturated heterocycles. The van der Waals surface area contributed by atoms with Gasteiger partial charge in [0.15, 0.2) is 0 Å². The molecular weight excluding hydrogens is 182 g/mol. The fraction of sp³-hybridized carbons (Fsp3) is 0.556. The van der Waals surface area contributed by atoms with Gasteiger partial charge in [-0.2, -0.15) is 5.10 Å². The maximum Gasteiger partial charge on any atom is 0.306 e. The van der Waals surface area contributed by atoms with Gasteiger partial charge in [0, 0.05) is 6.20 Å². The van der Waals surface area contributed by atoms with Crippen LogP contribution in [0, 0.1) is 5.92 Å². The summed E-state index contributed by atoms with van der Waals surface area (Å²) >= 11 is 0. The smallest absolute Gasteiger partial charge is 0.306 e. The van der Waals surface area contributed by atoms with Crippen molar-refractivity contribution in [3.05, 3.63) is 12.4 Å². The van der Waals surface area contributed by atoms with Crippen molar-refractivity contribution >= 4 is 11.7 Å². The standard InChI is InChI=1S/C9H13N3O2/c10-7-4-11-12(5-7)8-2-1-6(3-8)9(13)14/h4-6,8H,1-3,10H2,(H,13,14). The molecule has 2 atom stereocenters. The van der Waals surface area contributed by atoms with Crippen LogP contribution in [0.15, 0.2) is 12.4 Å². The first-order valence-electron chi connectivity index (χ1n) is 4.69. The van der Waals surface area contributed by atoms with Crippen LogP contribution < -0.4 is 5.73 Å². The Hall–Kier alpha value is -1.52. The number of nitrogens with zero attached hydrogens (tertiary/aromatic N) is 2. The number of rotatable bonds is 2. The highest BCUT2D eigenvalue weighted by atomic mass is 16.4. The average molecular weight is 195 g/mol. The summed E-state index contributed by atoms with van der Waals surface area (Å²) in [7, 11) is 0. The first-order chi connectivity index (χ1) is 6.66. The van der Waals surface area contributed by atoms with Crippen LogP contribution in [0.25, 0.3) is 0 Å². The van der Waals surface area contributed by atoms with Gasteiger partial charge < -0.3 is 10.8 Å². The first-order valence-corrected chi connectivity index (χ1v) is 4.69. The van der Waals surface area contributed by atoms with E-state index in [0.29, 0.717) is 12.1 Å². The number of carboxylic acids is 1. The molecule has 0 radical (unpaired) electrons. The summed E-state index contributed by atoms with van der Waals surface area (Å²) in [5, 5.41) is 12.9. The zero-order valence-corrected chi connectivity index (χ0v) is 7.76. The number of hydrogen-bond acceptors (Lipinski definition) is 3. The van der Waals surface area contributed by atoms with Gasteiger partial charge in [0.2, 0.25) is 0 Å². The lowest BCUT2D eigenvalue weighted by molar-refractivity contribution is -0.141. The van der Waals surface area contributed by atoms with Crippen molar-refractivity contribution < 1.29 is 9.90 Å². The van der Waals surface area contributed by atoms with E-state index < -0.39 is 5.97 Å². The second-order valence-corrected chi connectivity index (χ2v) is 3.76. The summed E-state index contributed by atoms with van der Waals surface area (Å²) in [4.78, 5) is 10.7. The van der Waals surface area contributed by atoms with Crippen molar-refractivity contribution in [2.24, 2.45) is 5.92 Å². The fourth-order valence-corrected chi connectivity index (χ4v) is 1.97. The van der Waals surface area contributed by atoms with Crippen LogP contribution in [0.3, 0.4) is 0 Å². The van der Waals surface area contributed by atoms with Crippen LogP contribution in [0.2, 0.25) is 0 Å². The van der Waals surface area contributed by atoms with Crippen LogP contribution in [0.5, 0.6) is 0 Å². The predicted molar refractivity (Wildman–Crippen MR) is 50.7 cm³/mol. The number of nitrogen functional groups attached to an aromatic ring is 1. The van der Waals surface area contributed by atoms with Gasteiger partial charge in [0.1, 0.15) is 0 Å². The van der Waals surface area contributed by atoms with E-state index in [9.17, 15) is 4.79 Å². The van der Waals surface area contributed by atoms with Crippen molar-refractivity contribution in [2.75, 3.05) is 5.73 Å². The number of carbonyl (C=O) groups is 1. The van der Waals surface area contributed by atoms with E-state index in [1.54, 1.807) is 17.1 Å². The van der Waals surface area contributed by atoms with Gasteiger partial charge in [-0.15, -0.1) is 0 Å². The van der Waals surface area contributed by atoms with Crippen molar-refractivity contribution in [2.45, 2.75) is 25.3 Å². The molecule has 1 aliphatic carbocycles. The van der Waals surface area contributed by atoms with E-state index >= 15 is 0 Å². The van der Waals surface area contributed by atoms with Crippen LogP contribution in [0.1, 0.15) is 25.3 Å². The first kappa shape index (κ1) is 9.05. The number of carboxylic acid groups (broad SMARTS) is 1. The van der Waals surface area contributed by atoms with E-state index in [1.807, 2.05) is 0 Å². The second kappa shape index (κ2) is 3.32. The van der Waals surface area contributed by atoms with Crippen molar-refractivity contribution in [3.63, 3.8) is 0 Å². The lowest BCUT2D eigenvalue weighted by Gasteiger charge is -2.09. The van der Waals surface area contributed by atoms with Crippen LogP contribution in [0.4, 0.5) is 5.69 Å². The molecule has 0 bridgehead atoms. The van der Waals surface area contributed by atoms with Crippen LogP contribution in [-0.4, -0.2) is 20.9 Å². The molecule has 0 aromatic carbocycles. The molecule has 0 spiro atoms. The molecule has 3 N–H and O–H groups in total. The summed E-state index contributed by atoms with van der Waals surface area (Å²) in [6.45, 7) is 0. The highest BCUT2D eigenvalue weighted by molar-refractivity contribution is 5.70. The van der Waals surface area contributed by atoms with Crippen LogP contribution in [-0.2, 0) is 4.79 Å². The molecule has 5 nitrogen and oxygen atoms in total. The van der Waals surface area contributed by atoms with E-state index in [-0.39, 0.29) is 12.0 Å². The molecule has 1 aromatic rings. The monoisotopic (exact) mass is 195 g/mol. The Morgan fingerprint density at radius 3 is 2.93 bits per heavy atom. The number of hydrogen-bond donors (Lipinski definition) is 2. The fourth-order valence-electron chi connectivity index (χ4n) is 1.97. The topological polar surface area (TPSA) is 81.1 Å². The quantitative estimate of drug-likeness (QED) is 0.734. The van der Waals surface area contributed by atoms with E-state index in [0.717, 1.165) is 12.8 Å². The van der Waals surface area contributed by atoms with Crippen LogP contribution >= 0.6 is 0 Å². The van der Waals surface area contributed by atoms with Gasteiger partial charge in [-0.05, 0) is 19.3 Å². The van der Waals surface area contributed by atoms with E-state index in [4.69, 9.17) is 10.8 Å². The Kier molecular flexibility index (Phi) is 2.15. The molecule has 1 heterocycles. The lowest BCUT2D eigenvalue weighted by atomic mass is 10.1. The van der Waals surface area contributed by atoms with Gasteiger partial charge >= 0.3 is 5.97 Å². The Morgan fingerprint density at radius 2 is 2.43 bits per heavy atom. The molecule has 2 unspecified atom stereocenters. The highest BCUT2D eigenvalue weighted by Gasteiger charge is 2.30. The molecule has 1 saturated carbocycles. The third-order valence-corrected chi connectivity index (χ3v) is 2.75. The third-order valence-electron chi connectivity index (χ3n) is 2.75. The van der Waals surface area contributed by atoms with Gasteiger partial charge in [-0.1, -0.05) is 0 Å². The highest BCUT2D eigenvalue weighted by Crippen LogP contribution is 2.34. The summed E-state index contributed by atoms with van der Waals surface area (Å²) in [5.74, 6) is -0.918. The Balaban J connectivity index is 2.05. The molecule has 0 amide bonds. The normalized spacial score (nSPS) is 26.6. The van der Waals surface area contributed by atoms with E-state index in [2.05, 4.69) is 5.10 Å². The maximum absolute atomic E-state index is 10.7. The van der Waals surface area contributed by atoms with Crippen molar-refractivity contribution in [1.82, 2.24) is 9.78 Å². The van der Waals surface area contributed by atoms with Gasteiger partial charge in [0.25, 0.3) is 0 Å². The third kappa shape index (κ3) is 1.57. The minimum Gasteiger partial charge on any atom is -0.481 e. The number of nitrogens with two attached hydrogens (primary N) is 1. The van der Waals surface area contributed by atoms with E-state index in [1.165, 1.54) is 0 Å². The zero-order chi connectivity index (χ0) is 10.1. The number of anilines is 1.